The maximum absolute atomic E-state index is 14.3. The van der Waals surface area contributed by atoms with E-state index < -0.39 is 0 Å². The van der Waals surface area contributed by atoms with Crippen molar-refractivity contribution in [1.82, 2.24) is 4.90 Å². The summed E-state index contributed by atoms with van der Waals surface area (Å²) in [4.78, 5) is 29.1. The minimum absolute atomic E-state index is 0.0314. The van der Waals surface area contributed by atoms with Crippen molar-refractivity contribution >= 4 is 22.6 Å². The molecule has 51 heavy (non-hydrogen) atoms. The average molecular weight is 685 g/mol. The number of hydrogen-bond donors (Lipinski definition) is 2. The summed E-state index contributed by atoms with van der Waals surface area (Å²) in [6.07, 6.45) is 0. The Hall–Kier alpha value is -5.90. The zero-order valence-electron chi connectivity index (χ0n) is 28.6. The molecule has 1 heterocycles. The summed E-state index contributed by atoms with van der Waals surface area (Å²) in [5.74, 6) is 0.864. The minimum atomic E-state index is -0.380. The number of aliphatic hydroxyl groups is 1. The van der Waals surface area contributed by atoms with E-state index in [0.717, 1.165) is 22.3 Å². The molecule has 0 bridgehead atoms. The monoisotopic (exact) mass is 684 g/mol. The Labute approximate surface area is 296 Å². The van der Waals surface area contributed by atoms with Crippen LogP contribution in [0.1, 0.15) is 22.3 Å². The van der Waals surface area contributed by atoms with E-state index in [1.54, 1.807) is 42.3 Å². The van der Waals surface area contributed by atoms with Gasteiger partial charge >= 0.3 is 0 Å². The first-order valence-electron chi connectivity index (χ1n) is 16.7. The van der Waals surface area contributed by atoms with Crippen LogP contribution in [0.15, 0.2) is 131 Å². The van der Waals surface area contributed by atoms with Crippen LogP contribution in [0.5, 0.6) is 17.2 Å². The number of aryl methyl sites for hydroxylation is 1. The van der Waals surface area contributed by atoms with E-state index in [1.165, 1.54) is 0 Å². The van der Waals surface area contributed by atoms with E-state index in [1.807, 2.05) is 97.9 Å². The van der Waals surface area contributed by atoms with Gasteiger partial charge in [0.15, 0.2) is 22.8 Å². The smallest absolute Gasteiger partial charge is 0.238 e. The summed E-state index contributed by atoms with van der Waals surface area (Å²) in [6, 6.07) is 38.1. The van der Waals surface area contributed by atoms with Gasteiger partial charge in [-0.05, 0) is 66.6 Å². The van der Waals surface area contributed by atoms with Gasteiger partial charge < -0.3 is 29.1 Å². The van der Waals surface area contributed by atoms with Gasteiger partial charge in [0.1, 0.15) is 19.8 Å². The Balaban J connectivity index is 1.44. The first kappa shape index (κ1) is 34.9. The van der Waals surface area contributed by atoms with Crippen molar-refractivity contribution in [2.24, 2.45) is 0 Å². The van der Waals surface area contributed by atoms with Gasteiger partial charge in [-0.15, -0.1) is 0 Å². The van der Waals surface area contributed by atoms with Gasteiger partial charge in [0.2, 0.25) is 17.1 Å². The number of ether oxygens (including phenoxy) is 3. The maximum atomic E-state index is 14.3. The second-order valence-corrected chi connectivity index (χ2v) is 12.3. The molecule has 0 unspecified atom stereocenters. The van der Waals surface area contributed by atoms with E-state index in [0.29, 0.717) is 35.9 Å². The number of benzene rings is 5. The largest absolute Gasteiger partial charge is 0.485 e. The van der Waals surface area contributed by atoms with Crippen molar-refractivity contribution in [3.8, 4) is 28.6 Å². The molecule has 0 aliphatic carbocycles. The minimum Gasteiger partial charge on any atom is -0.485 e. The Morgan fingerprint density at radius 3 is 1.90 bits per heavy atom. The third kappa shape index (κ3) is 9.02. The number of hydrogen-bond acceptors (Lipinski definition) is 8. The topological polar surface area (TPSA) is 110 Å². The fraction of sp³-hybridized carbons (Fsp3) is 0.190. The first-order valence-corrected chi connectivity index (χ1v) is 16.7. The van der Waals surface area contributed by atoms with E-state index in [2.05, 4.69) is 5.32 Å². The Bertz CT molecular complexity index is 2130. The van der Waals surface area contributed by atoms with Crippen LogP contribution in [0.4, 0.5) is 5.69 Å². The van der Waals surface area contributed by atoms with Crippen molar-refractivity contribution in [2.75, 3.05) is 32.1 Å². The highest BCUT2D eigenvalue weighted by molar-refractivity contribution is 6.01. The lowest BCUT2D eigenvalue weighted by Crippen LogP contribution is -2.32. The summed E-state index contributed by atoms with van der Waals surface area (Å²) in [6.45, 7) is 2.89. The molecule has 1 aromatic heterocycles. The SMILES string of the molecule is Cc1cc(NC(=O)CN(C)CCO)c2oc(-c3ccc(OCc4ccccc4)c(OCc4ccccc4)c3)c(OCc3ccccc3)c(=O)c2c1. The van der Waals surface area contributed by atoms with E-state index in [9.17, 15) is 14.7 Å². The van der Waals surface area contributed by atoms with Gasteiger partial charge in [-0.1, -0.05) is 91.0 Å². The molecule has 0 saturated heterocycles. The van der Waals surface area contributed by atoms with Gasteiger partial charge in [-0.2, -0.15) is 0 Å². The Morgan fingerprint density at radius 2 is 1.31 bits per heavy atom. The zero-order valence-corrected chi connectivity index (χ0v) is 28.6. The molecule has 6 rings (SSSR count). The molecule has 0 spiro atoms. The molecule has 0 aliphatic rings. The zero-order chi connectivity index (χ0) is 35.6. The van der Waals surface area contributed by atoms with Crippen LogP contribution >= 0.6 is 0 Å². The number of carbonyl (C=O) groups excluding carboxylic acids is 1. The fourth-order valence-corrected chi connectivity index (χ4v) is 5.61. The molecule has 260 valence electrons. The van der Waals surface area contributed by atoms with Crippen molar-refractivity contribution in [2.45, 2.75) is 26.7 Å². The number of nitrogens with one attached hydrogen (secondary N) is 1. The number of fused-ring (bicyclic) bond motifs is 1. The molecular formula is C42H40N2O7. The molecule has 0 saturated carbocycles. The number of amides is 1. The number of anilines is 1. The molecule has 9 nitrogen and oxygen atoms in total. The van der Waals surface area contributed by atoms with E-state index in [4.69, 9.17) is 18.6 Å². The predicted octanol–water partition coefficient (Wildman–Crippen LogP) is 7.37. The van der Waals surface area contributed by atoms with Crippen molar-refractivity contribution in [3.05, 3.63) is 154 Å². The Morgan fingerprint density at radius 1 is 0.745 bits per heavy atom. The lowest BCUT2D eigenvalue weighted by molar-refractivity contribution is -0.117. The van der Waals surface area contributed by atoms with Gasteiger partial charge in [-0.3, -0.25) is 14.5 Å². The third-order valence-electron chi connectivity index (χ3n) is 8.17. The molecule has 9 heteroatoms. The molecule has 6 aromatic rings. The van der Waals surface area contributed by atoms with Gasteiger partial charge in [0.25, 0.3) is 0 Å². The van der Waals surface area contributed by atoms with Crippen LogP contribution in [0.25, 0.3) is 22.3 Å². The van der Waals surface area contributed by atoms with Gasteiger partial charge in [0.05, 0.1) is 24.2 Å². The highest BCUT2D eigenvalue weighted by Gasteiger charge is 2.23. The number of aliphatic hydroxyl groups excluding tert-OH is 1. The average Bonchev–Trinajstić information content (AvgIpc) is 3.14. The van der Waals surface area contributed by atoms with E-state index >= 15 is 0 Å². The molecule has 0 atom stereocenters. The van der Waals surface area contributed by atoms with Crippen LogP contribution in [-0.4, -0.2) is 42.7 Å². The van der Waals surface area contributed by atoms with Crippen LogP contribution in [0, 0.1) is 6.92 Å². The van der Waals surface area contributed by atoms with Crippen LogP contribution in [0.3, 0.4) is 0 Å². The highest BCUT2D eigenvalue weighted by atomic mass is 16.5. The quantitative estimate of drug-likeness (QED) is 0.115. The third-order valence-corrected chi connectivity index (χ3v) is 8.17. The number of rotatable bonds is 15. The summed E-state index contributed by atoms with van der Waals surface area (Å²) in [5, 5.41) is 12.5. The summed E-state index contributed by atoms with van der Waals surface area (Å²) < 4.78 is 25.4. The molecule has 0 fully saturated rings. The second-order valence-electron chi connectivity index (χ2n) is 12.3. The molecule has 0 radical (unpaired) electrons. The molecule has 1 amide bonds. The fourth-order valence-electron chi connectivity index (χ4n) is 5.61. The van der Waals surface area contributed by atoms with Crippen LogP contribution in [0.2, 0.25) is 0 Å². The predicted molar refractivity (Wildman–Crippen MR) is 198 cm³/mol. The van der Waals surface area contributed by atoms with Crippen molar-refractivity contribution in [3.63, 3.8) is 0 Å². The van der Waals surface area contributed by atoms with Gasteiger partial charge in [-0.25, -0.2) is 0 Å². The lowest BCUT2D eigenvalue weighted by atomic mass is 10.1. The van der Waals surface area contributed by atoms with Crippen LogP contribution < -0.4 is 25.0 Å². The number of likely N-dealkylation sites (N-methyl/N-ethyl adjacent to an activating group) is 1. The van der Waals surface area contributed by atoms with Crippen molar-refractivity contribution < 1.29 is 28.5 Å². The molecular weight excluding hydrogens is 644 g/mol. The first-order chi connectivity index (χ1) is 24.9. The van der Waals surface area contributed by atoms with E-state index in [-0.39, 0.29) is 60.2 Å². The van der Waals surface area contributed by atoms with Gasteiger partial charge in [0, 0.05) is 12.1 Å². The molecule has 0 aliphatic heterocycles. The summed E-state index contributed by atoms with van der Waals surface area (Å²) in [5.41, 5.74) is 4.31. The number of nitrogens with zero attached hydrogens (tertiary/aromatic N) is 1. The maximum Gasteiger partial charge on any atom is 0.238 e. The normalized spacial score (nSPS) is 11.1. The second kappa shape index (κ2) is 16.7. The molecule has 2 N–H and O–H groups in total. The molecule has 5 aromatic carbocycles. The highest BCUT2D eigenvalue weighted by Crippen LogP contribution is 2.39. The number of carbonyl (C=O) groups is 1. The summed E-state index contributed by atoms with van der Waals surface area (Å²) in [7, 11) is 1.74. The summed E-state index contributed by atoms with van der Waals surface area (Å²) >= 11 is 0. The lowest BCUT2D eigenvalue weighted by Gasteiger charge is -2.18. The van der Waals surface area contributed by atoms with Crippen LogP contribution in [-0.2, 0) is 24.6 Å². The Kier molecular flexibility index (Phi) is 11.4. The van der Waals surface area contributed by atoms with Crippen molar-refractivity contribution in [1.29, 1.82) is 0 Å². The standard InChI is InChI=1S/C42H40N2O7/c1-29-22-34-39(47)42(50-28-32-16-10-5-11-17-32)40(51-41(34)35(23-29)43-38(46)25-44(2)20-21-45)33-18-19-36(48-26-30-12-6-3-7-13-30)37(24-33)49-27-31-14-8-4-9-15-31/h3-19,22-24,45H,20-21,25-28H2,1-2H3,(H,43,46).